The summed E-state index contributed by atoms with van der Waals surface area (Å²) in [7, 11) is 1.68. The first-order valence-corrected chi connectivity index (χ1v) is 6.86. The number of rotatable bonds is 6. The van der Waals surface area contributed by atoms with Gasteiger partial charge in [0.2, 0.25) is 5.88 Å². The van der Waals surface area contributed by atoms with Gasteiger partial charge >= 0.3 is 0 Å². The van der Waals surface area contributed by atoms with Crippen LogP contribution in [0, 0.1) is 0 Å². The zero-order valence-corrected chi connectivity index (χ0v) is 12.6. The van der Waals surface area contributed by atoms with E-state index in [0.29, 0.717) is 24.0 Å². The van der Waals surface area contributed by atoms with E-state index in [2.05, 4.69) is 10.3 Å². The minimum atomic E-state index is 0.0279. The van der Waals surface area contributed by atoms with Gasteiger partial charge in [-0.25, -0.2) is 0 Å². The molecule has 5 nitrogen and oxygen atoms in total. The molecule has 0 saturated carbocycles. The standard InChI is InChI=1S/C16H21N3O2/c1-11(2)21-16-14(17)7-8-15(19-16)18-13-6-4-5-12(9-13)10-20-3/h4-9,11H,10,17H2,1-3H3,(H,18,19). The molecule has 0 aliphatic rings. The quantitative estimate of drug-likeness (QED) is 0.852. The molecule has 0 amide bonds. The monoisotopic (exact) mass is 287 g/mol. The second-order valence-electron chi connectivity index (χ2n) is 5.02. The van der Waals surface area contributed by atoms with Crippen LogP contribution >= 0.6 is 0 Å². The summed E-state index contributed by atoms with van der Waals surface area (Å²) in [6.07, 6.45) is 0.0279. The van der Waals surface area contributed by atoms with Crippen LogP contribution in [-0.4, -0.2) is 18.2 Å². The summed E-state index contributed by atoms with van der Waals surface area (Å²) < 4.78 is 10.7. The van der Waals surface area contributed by atoms with Gasteiger partial charge in [0.1, 0.15) is 5.82 Å². The summed E-state index contributed by atoms with van der Waals surface area (Å²) in [5.74, 6) is 1.14. The van der Waals surface area contributed by atoms with Crippen LogP contribution in [0.2, 0.25) is 0 Å². The lowest BCUT2D eigenvalue weighted by Crippen LogP contribution is -2.09. The van der Waals surface area contributed by atoms with E-state index >= 15 is 0 Å². The van der Waals surface area contributed by atoms with E-state index in [9.17, 15) is 0 Å². The maximum atomic E-state index is 5.86. The van der Waals surface area contributed by atoms with Crippen molar-refractivity contribution in [1.82, 2.24) is 4.98 Å². The number of nitrogens with zero attached hydrogens (tertiary/aromatic N) is 1. The first-order valence-electron chi connectivity index (χ1n) is 6.86. The van der Waals surface area contributed by atoms with E-state index in [1.54, 1.807) is 13.2 Å². The maximum Gasteiger partial charge on any atom is 0.239 e. The van der Waals surface area contributed by atoms with Crippen LogP contribution < -0.4 is 15.8 Å². The van der Waals surface area contributed by atoms with E-state index in [0.717, 1.165) is 11.3 Å². The fraction of sp³-hybridized carbons (Fsp3) is 0.312. The van der Waals surface area contributed by atoms with Gasteiger partial charge in [0.15, 0.2) is 0 Å². The number of benzene rings is 1. The van der Waals surface area contributed by atoms with Crippen LogP contribution in [-0.2, 0) is 11.3 Å². The Labute approximate surface area is 125 Å². The maximum absolute atomic E-state index is 5.86. The molecular weight excluding hydrogens is 266 g/mol. The molecule has 2 aromatic rings. The number of nitrogens with two attached hydrogens (primary N) is 1. The van der Waals surface area contributed by atoms with E-state index in [1.165, 1.54) is 0 Å². The van der Waals surface area contributed by atoms with Crippen LogP contribution in [0.4, 0.5) is 17.2 Å². The lowest BCUT2D eigenvalue weighted by molar-refractivity contribution is 0.185. The highest BCUT2D eigenvalue weighted by molar-refractivity contribution is 5.61. The largest absolute Gasteiger partial charge is 0.473 e. The Bertz CT molecular complexity index is 600. The zero-order valence-electron chi connectivity index (χ0n) is 12.6. The minimum Gasteiger partial charge on any atom is -0.473 e. The lowest BCUT2D eigenvalue weighted by atomic mass is 10.2. The Kier molecular flexibility index (Phi) is 5.00. The third-order valence-corrected chi connectivity index (χ3v) is 2.75. The molecule has 1 aromatic carbocycles. The van der Waals surface area contributed by atoms with Crippen molar-refractivity contribution in [2.45, 2.75) is 26.6 Å². The fourth-order valence-electron chi connectivity index (χ4n) is 1.89. The van der Waals surface area contributed by atoms with Gasteiger partial charge in [-0.15, -0.1) is 0 Å². The highest BCUT2D eigenvalue weighted by atomic mass is 16.5. The molecule has 0 atom stereocenters. The molecule has 0 fully saturated rings. The average molecular weight is 287 g/mol. The number of hydrogen-bond donors (Lipinski definition) is 2. The van der Waals surface area contributed by atoms with Gasteiger partial charge in [-0.05, 0) is 43.7 Å². The topological polar surface area (TPSA) is 69.4 Å². The van der Waals surface area contributed by atoms with E-state index in [1.807, 2.05) is 44.2 Å². The molecule has 0 unspecified atom stereocenters. The number of ether oxygens (including phenoxy) is 2. The van der Waals surface area contributed by atoms with Crippen LogP contribution in [0.5, 0.6) is 5.88 Å². The van der Waals surface area contributed by atoms with Crippen LogP contribution in [0.25, 0.3) is 0 Å². The van der Waals surface area contributed by atoms with E-state index in [4.69, 9.17) is 15.2 Å². The van der Waals surface area contributed by atoms with Gasteiger partial charge in [0.05, 0.1) is 18.4 Å². The molecule has 0 radical (unpaired) electrons. The molecule has 2 rings (SSSR count). The molecule has 3 N–H and O–H groups in total. The number of anilines is 3. The summed E-state index contributed by atoms with van der Waals surface area (Å²) in [5, 5.41) is 3.24. The van der Waals surface area contributed by atoms with E-state index < -0.39 is 0 Å². The van der Waals surface area contributed by atoms with Gasteiger partial charge in [0.25, 0.3) is 0 Å². The third kappa shape index (κ3) is 4.36. The summed E-state index contributed by atoms with van der Waals surface area (Å²) in [6.45, 7) is 4.46. The lowest BCUT2D eigenvalue weighted by Gasteiger charge is -2.13. The number of methoxy groups -OCH3 is 1. The van der Waals surface area contributed by atoms with Crippen molar-refractivity contribution in [2.75, 3.05) is 18.2 Å². The Morgan fingerprint density at radius 3 is 2.76 bits per heavy atom. The predicted molar refractivity (Wildman–Crippen MR) is 84.9 cm³/mol. The molecule has 0 saturated heterocycles. The minimum absolute atomic E-state index is 0.0279. The zero-order chi connectivity index (χ0) is 15.2. The summed E-state index contributed by atoms with van der Waals surface area (Å²) in [5.41, 5.74) is 8.43. The van der Waals surface area contributed by atoms with Crippen molar-refractivity contribution in [3.05, 3.63) is 42.0 Å². The highest BCUT2D eigenvalue weighted by Crippen LogP contribution is 2.24. The predicted octanol–water partition coefficient (Wildman–Crippen LogP) is 3.34. The summed E-state index contributed by atoms with van der Waals surface area (Å²) >= 11 is 0. The number of pyridine rings is 1. The highest BCUT2D eigenvalue weighted by Gasteiger charge is 2.07. The van der Waals surface area contributed by atoms with Gasteiger partial charge < -0.3 is 20.5 Å². The number of aromatic nitrogens is 1. The second-order valence-corrected chi connectivity index (χ2v) is 5.02. The van der Waals surface area contributed by atoms with Crippen molar-refractivity contribution in [2.24, 2.45) is 0 Å². The van der Waals surface area contributed by atoms with Gasteiger partial charge in [0, 0.05) is 12.8 Å². The van der Waals surface area contributed by atoms with E-state index in [-0.39, 0.29) is 6.10 Å². The molecule has 0 bridgehead atoms. The van der Waals surface area contributed by atoms with Gasteiger partial charge in [-0.3, -0.25) is 0 Å². The molecule has 21 heavy (non-hydrogen) atoms. The normalized spacial score (nSPS) is 10.7. The SMILES string of the molecule is COCc1cccc(Nc2ccc(N)c(OC(C)C)n2)c1. The molecule has 5 heteroatoms. The first kappa shape index (κ1) is 15.1. The van der Waals surface area contributed by atoms with Crippen molar-refractivity contribution >= 4 is 17.2 Å². The average Bonchev–Trinajstić information content (AvgIpc) is 2.43. The fourth-order valence-corrected chi connectivity index (χ4v) is 1.89. The smallest absolute Gasteiger partial charge is 0.239 e. The molecular formula is C16H21N3O2. The Morgan fingerprint density at radius 2 is 2.05 bits per heavy atom. The molecule has 1 heterocycles. The Hall–Kier alpha value is -2.27. The van der Waals surface area contributed by atoms with Crippen LogP contribution in [0.1, 0.15) is 19.4 Å². The molecule has 0 aliphatic carbocycles. The van der Waals surface area contributed by atoms with Crippen molar-refractivity contribution in [1.29, 1.82) is 0 Å². The van der Waals surface area contributed by atoms with Crippen molar-refractivity contribution in [3.63, 3.8) is 0 Å². The second kappa shape index (κ2) is 6.95. The molecule has 1 aromatic heterocycles. The van der Waals surface area contributed by atoms with Gasteiger partial charge in [-0.1, -0.05) is 12.1 Å². The molecule has 112 valence electrons. The Balaban J connectivity index is 2.17. The Morgan fingerprint density at radius 1 is 1.24 bits per heavy atom. The molecule has 0 spiro atoms. The number of nitrogen functional groups attached to an aromatic ring is 1. The van der Waals surface area contributed by atoms with Crippen molar-refractivity contribution in [3.8, 4) is 5.88 Å². The third-order valence-electron chi connectivity index (χ3n) is 2.75. The molecule has 0 aliphatic heterocycles. The van der Waals surface area contributed by atoms with Crippen molar-refractivity contribution < 1.29 is 9.47 Å². The number of nitrogens with one attached hydrogen (secondary N) is 1. The van der Waals surface area contributed by atoms with Crippen LogP contribution in [0.15, 0.2) is 36.4 Å². The number of hydrogen-bond acceptors (Lipinski definition) is 5. The van der Waals surface area contributed by atoms with Crippen LogP contribution in [0.3, 0.4) is 0 Å². The van der Waals surface area contributed by atoms with Gasteiger partial charge in [-0.2, -0.15) is 4.98 Å². The summed E-state index contributed by atoms with van der Waals surface area (Å²) in [4.78, 5) is 4.39. The first-order chi connectivity index (χ1) is 10.1. The summed E-state index contributed by atoms with van der Waals surface area (Å²) in [6, 6.07) is 11.6.